The molecule has 8 heteroatoms. The third-order valence-electron chi connectivity index (χ3n) is 11.0. The van der Waals surface area contributed by atoms with E-state index >= 15 is 0 Å². The first-order valence-corrected chi connectivity index (χ1v) is 24.5. The van der Waals surface area contributed by atoms with Gasteiger partial charge in [0.1, 0.15) is 12.6 Å². The van der Waals surface area contributed by atoms with Gasteiger partial charge in [0.15, 0.2) is 6.10 Å². The van der Waals surface area contributed by atoms with Gasteiger partial charge in [0.2, 0.25) is 0 Å². The second-order valence-electron chi connectivity index (χ2n) is 17.7. The van der Waals surface area contributed by atoms with Crippen molar-refractivity contribution in [1.82, 2.24) is 0 Å². The van der Waals surface area contributed by atoms with E-state index in [1.165, 1.54) is 135 Å². The van der Waals surface area contributed by atoms with Crippen LogP contribution in [0.5, 0.6) is 0 Å². The minimum Gasteiger partial charge on any atom is -0.544 e. The van der Waals surface area contributed by atoms with Crippen molar-refractivity contribution in [1.29, 1.82) is 0 Å². The van der Waals surface area contributed by atoms with Crippen molar-refractivity contribution in [2.45, 2.75) is 231 Å². The Morgan fingerprint density at radius 1 is 0.508 bits per heavy atom. The molecular weight excluding hydrogens is 739 g/mol. The van der Waals surface area contributed by atoms with E-state index in [1.807, 2.05) is 0 Å². The molecule has 0 aliphatic rings. The molecule has 0 aromatic rings. The first-order valence-electron chi connectivity index (χ1n) is 24.5. The Balaban J connectivity index is 4.22. The molecule has 0 amide bonds. The van der Waals surface area contributed by atoms with E-state index in [-0.39, 0.29) is 42.7 Å². The smallest absolute Gasteiger partial charge is 0.306 e. The molecule has 0 radical (unpaired) electrons. The number of allylic oxidation sites excluding steroid dienone is 6. The summed E-state index contributed by atoms with van der Waals surface area (Å²) in [5.41, 5.74) is 0. The number of aliphatic carboxylic acids is 1. The average molecular weight is 832 g/mol. The summed E-state index contributed by atoms with van der Waals surface area (Å²) in [6, 6.07) is -0.724. The Bertz CT molecular complexity index is 1060. The number of hydrogen-bond donors (Lipinski definition) is 0. The van der Waals surface area contributed by atoms with E-state index < -0.39 is 18.1 Å². The number of carbonyl (C=O) groups is 3. The molecule has 0 heterocycles. The quantitative estimate of drug-likeness (QED) is 0.0261. The molecule has 0 N–H and O–H groups in total. The van der Waals surface area contributed by atoms with Crippen LogP contribution in [0.15, 0.2) is 36.5 Å². The predicted molar refractivity (Wildman–Crippen MR) is 245 cm³/mol. The summed E-state index contributed by atoms with van der Waals surface area (Å²) in [5.74, 6) is -1.73. The van der Waals surface area contributed by atoms with Gasteiger partial charge in [-0.25, -0.2) is 0 Å². The summed E-state index contributed by atoms with van der Waals surface area (Å²) in [4.78, 5) is 36.9. The SMILES string of the molecule is CCCCC/C=C/C/C=C/C/C=C/CCCCCCCCCCCC(=O)OCC(COCCC(C(=O)[O-])[N+](C)(C)C)OC(=O)CCCCCCCCCCCCCCC. The second kappa shape index (κ2) is 42.2. The molecule has 344 valence electrons. The van der Waals surface area contributed by atoms with Gasteiger partial charge in [-0.1, -0.05) is 185 Å². The van der Waals surface area contributed by atoms with E-state index in [9.17, 15) is 19.5 Å². The van der Waals surface area contributed by atoms with Gasteiger partial charge in [-0.05, 0) is 51.4 Å². The highest BCUT2D eigenvalue weighted by atomic mass is 16.6. The number of quaternary nitrogens is 1. The normalized spacial score (nSPS) is 13.2. The fraction of sp³-hybridized carbons (Fsp3) is 0.824. The van der Waals surface area contributed by atoms with E-state index in [2.05, 4.69) is 50.3 Å². The highest BCUT2D eigenvalue weighted by Gasteiger charge is 2.25. The summed E-state index contributed by atoms with van der Waals surface area (Å²) in [7, 11) is 5.41. The van der Waals surface area contributed by atoms with Crippen molar-refractivity contribution in [3.05, 3.63) is 36.5 Å². The number of ether oxygens (including phenoxy) is 3. The maximum atomic E-state index is 12.7. The molecule has 0 fully saturated rings. The number of likely N-dealkylation sites (N-methyl/N-ethyl adjacent to an activating group) is 1. The van der Waals surface area contributed by atoms with E-state index in [4.69, 9.17) is 14.2 Å². The Morgan fingerprint density at radius 3 is 1.36 bits per heavy atom. The van der Waals surface area contributed by atoms with E-state index in [0.29, 0.717) is 12.8 Å². The number of rotatable bonds is 44. The molecule has 0 aliphatic heterocycles. The fourth-order valence-corrected chi connectivity index (χ4v) is 7.20. The number of esters is 2. The van der Waals surface area contributed by atoms with E-state index in [1.54, 1.807) is 21.1 Å². The van der Waals surface area contributed by atoms with E-state index in [0.717, 1.165) is 51.4 Å². The topological polar surface area (TPSA) is 102 Å². The largest absolute Gasteiger partial charge is 0.544 e. The van der Waals surface area contributed by atoms with Crippen LogP contribution in [0.25, 0.3) is 0 Å². The predicted octanol–water partition coefficient (Wildman–Crippen LogP) is 12.5. The van der Waals surface area contributed by atoms with Gasteiger partial charge in [-0.2, -0.15) is 0 Å². The van der Waals surface area contributed by atoms with Gasteiger partial charge in [0.05, 0.1) is 40.3 Å². The first-order chi connectivity index (χ1) is 28.6. The third-order valence-corrected chi connectivity index (χ3v) is 11.0. The van der Waals surface area contributed by atoms with Crippen molar-refractivity contribution in [2.75, 3.05) is 41.0 Å². The van der Waals surface area contributed by atoms with Crippen molar-refractivity contribution in [3.63, 3.8) is 0 Å². The van der Waals surface area contributed by atoms with Crippen molar-refractivity contribution < 1.29 is 38.2 Å². The summed E-state index contributed by atoms with van der Waals surface area (Å²) in [5, 5.41) is 11.6. The number of carboxylic acid groups (broad SMARTS) is 1. The molecule has 2 atom stereocenters. The highest BCUT2D eigenvalue weighted by molar-refractivity contribution is 5.70. The molecule has 0 rings (SSSR count). The van der Waals surface area contributed by atoms with Gasteiger partial charge >= 0.3 is 11.9 Å². The number of nitrogens with zero attached hydrogens (tertiary/aromatic N) is 1. The Kier molecular flexibility index (Phi) is 40.5. The van der Waals surface area contributed by atoms with Crippen molar-refractivity contribution in [2.24, 2.45) is 0 Å². The standard InChI is InChI=1S/C51H93NO7/c1-6-8-10-12-14-16-18-20-21-22-23-24-25-26-27-28-30-31-33-35-37-39-41-49(53)58-46-47(45-57-44-43-48(51(55)56)52(3,4)5)59-50(54)42-40-38-36-34-32-29-19-17-15-13-11-9-7-2/h14,16,20-21,23-24,47-48H,6-13,15,17-19,22,25-46H2,1-5H3/b16-14+,21-20+,24-23+. The molecule has 0 aliphatic carbocycles. The molecule has 2 unspecified atom stereocenters. The molecule has 0 bridgehead atoms. The zero-order valence-electron chi connectivity index (χ0n) is 39.2. The number of unbranched alkanes of at least 4 members (excludes halogenated alkanes) is 24. The lowest BCUT2D eigenvalue weighted by Gasteiger charge is -2.34. The Morgan fingerprint density at radius 2 is 0.898 bits per heavy atom. The van der Waals surface area contributed by atoms with Crippen LogP contribution in [0.4, 0.5) is 0 Å². The van der Waals surface area contributed by atoms with Gasteiger partial charge in [-0.15, -0.1) is 0 Å². The van der Waals surface area contributed by atoms with Gasteiger partial charge in [-0.3, -0.25) is 9.59 Å². The van der Waals surface area contributed by atoms with Crippen LogP contribution in [0, 0.1) is 0 Å². The molecule has 0 aromatic carbocycles. The third kappa shape index (κ3) is 40.7. The van der Waals surface area contributed by atoms with Crippen LogP contribution in [-0.2, 0) is 28.6 Å². The minimum absolute atomic E-state index is 0.0421. The van der Waals surface area contributed by atoms with Crippen molar-refractivity contribution in [3.8, 4) is 0 Å². The number of hydrogen-bond acceptors (Lipinski definition) is 7. The van der Waals surface area contributed by atoms with Crippen LogP contribution in [0.2, 0.25) is 0 Å². The number of carbonyl (C=O) groups excluding carboxylic acids is 3. The molecule has 0 aromatic heterocycles. The monoisotopic (exact) mass is 832 g/mol. The molecule has 59 heavy (non-hydrogen) atoms. The maximum absolute atomic E-state index is 12.7. The second-order valence-corrected chi connectivity index (χ2v) is 17.7. The first kappa shape index (κ1) is 56.5. The summed E-state index contributed by atoms with van der Waals surface area (Å²) < 4.78 is 17.2. The highest BCUT2D eigenvalue weighted by Crippen LogP contribution is 2.15. The lowest BCUT2D eigenvalue weighted by atomic mass is 10.0. The molecule has 0 saturated carbocycles. The fourth-order valence-electron chi connectivity index (χ4n) is 7.20. The van der Waals surface area contributed by atoms with Crippen LogP contribution in [0.1, 0.15) is 219 Å². The van der Waals surface area contributed by atoms with Crippen LogP contribution in [0.3, 0.4) is 0 Å². The van der Waals surface area contributed by atoms with Crippen LogP contribution in [-0.4, -0.2) is 75.5 Å². The Hall–Kier alpha value is -2.45. The van der Waals surface area contributed by atoms with Gasteiger partial charge in [0, 0.05) is 19.3 Å². The lowest BCUT2D eigenvalue weighted by Crippen LogP contribution is -2.55. The molecule has 0 saturated heterocycles. The summed E-state index contributed by atoms with van der Waals surface area (Å²) in [6.07, 6.45) is 48.8. The summed E-state index contributed by atoms with van der Waals surface area (Å²) in [6.45, 7) is 4.65. The zero-order chi connectivity index (χ0) is 43.5. The lowest BCUT2D eigenvalue weighted by molar-refractivity contribution is -0.889. The Labute approximate surface area is 364 Å². The minimum atomic E-state index is -1.12. The van der Waals surface area contributed by atoms with Crippen LogP contribution >= 0.6 is 0 Å². The zero-order valence-corrected chi connectivity index (χ0v) is 39.2. The molecule has 8 nitrogen and oxygen atoms in total. The van der Waals surface area contributed by atoms with Gasteiger partial charge in [0.25, 0.3) is 0 Å². The number of carboxylic acids is 1. The average Bonchev–Trinajstić information content (AvgIpc) is 3.19. The maximum Gasteiger partial charge on any atom is 0.306 e. The van der Waals surface area contributed by atoms with Crippen molar-refractivity contribution >= 4 is 17.9 Å². The van der Waals surface area contributed by atoms with Gasteiger partial charge < -0.3 is 28.6 Å². The summed E-state index contributed by atoms with van der Waals surface area (Å²) >= 11 is 0. The molecule has 0 spiro atoms. The van der Waals surface area contributed by atoms with Crippen LogP contribution < -0.4 is 5.11 Å². The molecular formula is C51H93NO7.